The fourth-order valence-electron chi connectivity index (χ4n) is 3.37. The molecule has 20 heavy (non-hydrogen) atoms. The largest absolute Gasteiger partial charge is 0.368 e. The lowest BCUT2D eigenvalue weighted by molar-refractivity contribution is -0.127. The van der Waals surface area contributed by atoms with E-state index in [4.69, 9.17) is 5.73 Å². The van der Waals surface area contributed by atoms with E-state index in [0.717, 1.165) is 25.8 Å². The van der Waals surface area contributed by atoms with Crippen molar-refractivity contribution in [2.45, 2.75) is 77.4 Å². The molecule has 0 saturated heterocycles. The van der Waals surface area contributed by atoms with Gasteiger partial charge in [-0.1, -0.05) is 20.3 Å². The summed E-state index contributed by atoms with van der Waals surface area (Å²) in [4.78, 5) is 14.4. The molecule has 4 heteroatoms. The summed E-state index contributed by atoms with van der Waals surface area (Å²) in [5, 5.41) is 3.45. The van der Waals surface area contributed by atoms with E-state index >= 15 is 0 Å². The average Bonchev–Trinajstić information content (AvgIpc) is 2.37. The molecule has 0 aromatic carbocycles. The lowest BCUT2D eigenvalue weighted by atomic mass is 9.77. The second-order valence-corrected chi connectivity index (χ2v) is 6.95. The Morgan fingerprint density at radius 1 is 1.45 bits per heavy atom. The van der Waals surface area contributed by atoms with Gasteiger partial charge in [0.15, 0.2) is 0 Å². The van der Waals surface area contributed by atoms with Crippen LogP contribution in [0.5, 0.6) is 0 Å². The maximum absolute atomic E-state index is 12.0. The Kier molecular flexibility index (Phi) is 6.46. The lowest BCUT2D eigenvalue weighted by Crippen LogP contribution is -2.62. The Bertz CT molecular complexity index is 319. The number of nitrogens with one attached hydrogen (secondary N) is 1. The van der Waals surface area contributed by atoms with Crippen LogP contribution in [0.3, 0.4) is 0 Å². The van der Waals surface area contributed by atoms with Crippen molar-refractivity contribution < 1.29 is 4.79 Å². The highest BCUT2D eigenvalue weighted by molar-refractivity contribution is 5.85. The van der Waals surface area contributed by atoms with Crippen LogP contribution in [0.2, 0.25) is 0 Å². The standard InChI is InChI=1S/C16H33N3O/c1-6-13(4)11-19(5)14-8-7-9-16(10-14,15(17)20)18-12(2)3/h12-14,18H,6-11H2,1-5H3,(H2,17,20). The number of primary amides is 1. The van der Waals surface area contributed by atoms with Gasteiger partial charge in [-0.3, -0.25) is 4.79 Å². The van der Waals surface area contributed by atoms with Gasteiger partial charge in [-0.15, -0.1) is 0 Å². The van der Waals surface area contributed by atoms with Gasteiger partial charge in [0, 0.05) is 18.6 Å². The van der Waals surface area contributed by atoms with Gasteiger partial charge in [-0.2, -0.15) is 0 Å². The fourth-order valence-corrected chi connectivity index (χ4v) is 3.37. The second-order valence-electron chi connectivity index (χ2n) is 6.95. The molecule has 1 aliphatic rings. The van der Waals surface area contributed by atoms with Gasteiger partial charge >= 0.3 is 0 Å². The third-order valence-corrected chi connectivity index (χ3v) is 4.68. The molecule has 3 unspecified atom stereocenters. The fraction of sp³-hybridized carbons (Fsp3) is 0.938. The molecule has 0 heterocycles. The van der Waals surface area contributed by atoms with Crippen LogP contribution in [-0.2, 0) is 4.79 Å². The molecule has 1 aliphatic carbocycles. The second kappa shape index (κ2) is 7.41. The van der Waals surface area contributed by atoms with Gasteiger partial charge in [-0.05, 0) is 52.5 Å². The Morgan fingerprint density at radius 3 is 2.60 bits per heavy atom. The number of rotatable bonds is 7. The molecule has 1 amide bonds. The first-order valence-corrected chi connectivity index (χ1v) is 8.08. The highest BCUT2D eigenvalue weighted by atomic mass is 16.1. The highest BCUT2D eigenvalue weighted by Crippen LogP contribution is 2.31. The zero-order valence-electron chi connectivity index (χ0n) is 13.9. The third-order valence-electron chi connectivity index (χ3n) is 4.68. The Labute approximate surface area is 124 Å². The van der Waals surface area contributed by atoms with Crippen LogP contribution in [0, 0.1) is 5.92 Å². The van der Waals surface area contributed by atoms with Gasteiger partial charge in [0.05, 0.1) is 5.54 Å². The molecule has 1 fully saturated rings. The van der Waals surface area contributed by atoms with E-state index in [-0.39, 0.29) is 11.9 Å². The predicted molar refractivity (Wildman–Crippen MR) is 84.5 cm³/mol. The molecule has 3 N–H and O–H groups in total. The van der Waals surface area contributed by atoms with Crippen LogP contribution in [0.4, 0.5) is 0 Å². The molecule has 0 aromatic heterocycles. The van der Waals surface area contributed by atoms with E-state index in [0.29, 0.717) is 12.0 Å². The minimum absolute atomic E-state index is 0.187. The molecule has 0 spiro atoms. The quantitative estimate of drug-likeness (QED) is 0.752. The summed E-state index contributed by atoms with van der Waals surface area (Å²) in [6, 6.07) is 0.734. The molecule has 3 atom stereocenters. The van der Waals surface area contributed by atoms with E-state index in [9.17, 15) is 4.79 Å². The van der Waals surface area contributed by atoms with E-state index in [2.05, 4.69) is 45.0 Å². The van der Waals surface area contributed by atoms with Crippen LogP contribution < -0.4 is 11.1 Å². The van der Waals surface area contributed by atoms with Gasteiger partial charge < -0.3 is 16.0 Å². The number of carbonyl (C=O) groups is 1. The molecule has 1 rings (SSSR count). The number of hydrogen-bond acceptors (Lipinski definition) is 3. The molecule has 0 aromatic rings. The maximum atomic E-state index is 12.0. The molecular formula is C16H33N3O. The van der Waals surface area contributed by atoms with E-state index < -0.39 is 5.54 Å². The van der Waals surface area contributed by atoms with Crippen molar-refractivity contribution in [3.05, 3.63) is 0 Å². The summed E-state index contributed by atoms with van der Waals surface area (Å²) >= 11 is 0. The lowest BCUT2D eigenvalue weighted by Gasteiger charge is -2.44. The van der Waals surface area contributed by atoms with E-state index in [1.165, 1.54) is 12.8 Å². The summed E-state index contributed by atoms with van der Waals surface area (Å²) in [6.07, 6.45) is 5.14. The van der Waals surface area contributed by atoms with Gasteiger partial charge in [0.25, 0.3) is 0 Å². The van der Waals surface area contributed by atoms with Crippen molar-refractivity contribution in [3.8, 4) is 0 Å². The molecule has 1 saturated carbocycles. The van der Waals surface area contributed by atoms with Crippen LogP contribution >= 0.6 is 0 Å². The van der Waals surface area contributed by atoms with Crippen molar-refractivity contribution >= 4 is 5.91 Å². The highest BCUT2D eigenvalue weighted by Gasteiger charge is 2.42. The minimum atomic E-state index is -0.513. The topological polar surface area (TPSA) is 58.4 Å². The van der Waals surface area contributed by atoms with Crippen molar-refractivity contribution in [2.75, 3.05) is 13.6 Å². The van der Waals surface area contributed by atoms with Crippen molar-refractivity contribution in [1.82, 2.24) is 10.2 Å². The third kappa shape index (κ3) is 4.45. The Morgan fingerprint density at radius 2 is 2.10 bits per heavy atom. The van der Waals surface area contributed by atoms with Crippen molar-refractivity contribution in [1.29, 1.82) is 0 Å². The van der Waals surface area contributed by atoms with E-state index in [1.54, 1.807) is 0 Å². The number of nitrogens with two attached hydrogens (primary N) is 1. The van der Waals surface area contributed by atoms with E-state index in [1.807, 2.05) is 0 Å². The first-order chi connectivity index (χ1) is 9.30. The molecule has 0 bridgehead atoms. The Hall–Kier alpha value is -0.610. The zero-order chi connectivity index (χ0) is 15.3. The summed E-state index contributed by atoms with van der Waals surface area (Å²) in [6.45, 7) is 9.77. The SMILES string of the molecule is CCC(C)CN(C)C1CCCC(NC(C)C)(C(N)=O)C1. The van der Waals surface area contributed by atoms with Crippen LogP contribution in [-0.4, -0.2) is 42.0 Å². The Balaban J connectivity index is 2.74. The number of amides is 1. The molecular weight excluding hydrogens is 250 g/mol. The average molecular weight is 283 g/mol. The number of nitrogens with zero attached hydrogens (tertiary/aromatic N) is 1. The molecule has 4 nitrogen and oxygen atoms in total. The van der Waals surface area contributed by atoms with Gasteiger partial charge in [0.1, 0.15) is 0 Å². The van der Waals surface area contributed by atoms with Crippen molar-refractivity contribution in [2.24, 2.45) is 11.7 Å². The summed E-state index contributed by atoms with van der Waals surface area (Å²) < 4.78 is 0. The number of carbonyl (C=O) groups excluding carboxylic acids is 1. The normalized spacial score (nSPS) is 28.9. The first-order valence-electron chi connectivity index (χ1n) is 8.08. The van der Waals surface area contributed by atoms with Gasteiger partial charge in [0.2, 0.25) is 5.91 Å². The molecule has 0 radical (unpaired) electrons. The minimum Gasteiger partial charge on any atom is -0.368 e. The summed E-state index contributed by atoms with van der Waals surface area (Å²) in [5.74, 6) is 0.510. The molecule has 0 aliphatic heterocycles. The monoisotopic (exact) mass is 283 g/mol. The zero-order valence-corrected chi connectivity index (χ0v) is 13.9. The van der Waals surface area contributed by atoms with Crippen LogP contribution in [0.1, 0.15) is 59.8 Å². The summed E-state index contributed by atoms with van der Waals surface area (Å²) in [5.41, 5.74) is 5.21. The van der Waals surface area contributed by atoms with Gasteiger partial charge in [-0.25, -0.2) is 0 Å². The maximum Gasteiger partial charge on any atom is 0.237 e. The first kappa shape index (κ1) is 17.4. The number of hydrogen-bond donors (Lipinski definition) is 2. The van der Waals surface area contributed by atoms with Crippen molar-refractivity contribution in [3.63, 3.8) is 0 Å². The molecule has 118 valence electrons. The smallest absolute Gasteiger partial charge is 0.237 e. The summed E-state index contributed by atoms with van der Waals surface area (Å²) in [7, 11) is 2.18. The predicted octanol–water partition coefficient (Wildman–Crippen LogP) is 2.13. The van der Waals surface area contributed by atoms with Crippen LogP contribution in [0.15, 0.2) is 0 Å². The van der Waals surface area contributed by atoms with Crippen LogP contribution in [0.25, 0.3) is 0 Å².